The molecule has 36 heavy (non-hydrogen) atoms. The number of aromatic nitrogens is 3. The van der Waals surface area contributed by atoms with Crippen LogP contribution in [0.5, 0.6) is 5.88 Å². The molecule has 0 aliphatic carbocycles. The Morgan fingerprint density at radius 3 is 2.50 bits per heavy atom. The van der Waals surface area contributed by atoms with Crippen molar-refractivity contribution in [3.63, 3.8) is 0 Å². The molecular weight excluding hydrogens is 481 g/mol. The van der Waals surface area contributed by atoms with Crippen LogP contribution in [0, 0.1) is 5.41 Å². The van der Waals surface area contributed by atoms with Crippen LogP contribution in [0.4, 0.5) is 18.9 Å². The first-order valence-electron chi connectivity index (χ1n) is 10.9. The van der Waals surface area contributed by atoms with Crippen LogP contribution in [0.25, 0.3) is 16.6 Å². The number of hydrogen-bond donors (Lipinski definition) is 4. The van der Waals surface area contributed by atoms with Crippen LogP contribution in [0.15, 0.2) is 36.8 Å². The van der Waals surface area contributed by atoms with Crippen molar-refractivity contribution in [1.82, 2.24) is 19.9 Å². The van der Waals surface area contributed by atoms with Gasteiger partial charge in [-0.25, -0.2) is 14.3 Å². The van der Waals surface area contributed by atoms with Gasteiger partial charge >= 0.3 is 12.1 Å². The number of pyridine rings is 1. The molecule has 0 unspecified atom stereocenters. The van der Waals surface area contributed by atoms with Crippen LogP contribution in [0.2, 0.25) is 0 Å². The van der Waals surface area contributed by atoms with Crippen molar-refractivity contribution in [1.29, 1.82) is 0 Å². The van der Waals surface area contributed by atoms with E-state index in [-0.39, 0.29) is 11.5 Å². The summed E-state index contributed by atoms with van der Waals surface area (Å²) in [5.74, 6) is -2.70. The van der Waals surface area contributed by atoms with Gasteiger partial charge in [0.15, 0.2) is 0 Å². The molecule has 0 saturated carbocycles. The van der Waals surface area contributed by atoms with Crippen molar-refractivity contribution >= 4 is 23.1 Å². The minimum absolute atomic E-state index is 0.0305. The van der Waals surface area contributed by atoms with E-state index in [0.29, 0.717) is 11.4 Å². The van der Waals surface area contributed by atoms with E-state index in [9.17, 15) is 18.0 Å². The number of nitrogens with two attached hydrogens (primary N) is 1. The van der Waals surface area contributed by atoms with Crippen molar-refractivity contribution in [2.24, 2.45) is 11.1 Å². The smallest absolute Gasteiger partial charge is 0.481 e. The molecule has 1 saturated heterocycles. The van der Waals surface area contributed by atoms with Crippen molar-refractivity contribution in [3.05, 3.63) is 42.4 Å². The van der Waals surface area contributed by atoms with E-state index in [1.54, 1.807) is 17.8 Å². The zero-order valence-corrected chi connectivity index (χ0v) is 19.9. The minimum atomic E-state index is -5.08. The topological polar surface area (TPSA) is 144 Å². The highest BCUT2D eigenvalue weighted by molar-refractivity contribution is 6.02. The Bertz CT molecular complexity index is 1240. The van der Waals surface area contributed by atoms with Crippen LogP contribution < -0.4 is 21.1 Å². The van der Waals surface area contributed by atoms with Crippen molar-refractivity contribution in [2.45, 2.75) is 32.5 Å². The van der Waals surface area contributed by atoms with Gasteiger partial charge in [-0.3, -0.25) is 4.79 Å². The number of carboxylic acids is 1. The molecule has 1 aliphatic rings. The number of carbonyl (C=O) groups excluding carboxylic acids is 1. The monoisotopic (exact) mass is 508 g/mol. The number of amides is 1. The van der Waals surface area contributed by atoms with E-state index in [0.717, 1.165) is 41.8 Å². The standard InChI is InChI=1S/C21H26N6O2.C2HF3O2/c1-21(2)12-23-7-6-17(21)26-19-15(20(22)28)10-25-27-11-14(8-16(19)27)13-4-5-18(29-3)24-9-13;3-2(4,5)1(6)7/h4-5,8-11,17,23,26H,6-7,12H2,1-3H3,(H2,22,28);(H,6,7)/t17-;/m1./s1. The summed E-state index contributed by atoms with van der Waals surface area (Å²) in [6.45, 7) is 6.26. The average molecular weight is 509 g/mol. The lowest BCUT2D eigenvalue weighted by Gasteiger charge is -2.40. The quantitative estimate of drug-likeness (QED) is 0.412. The van der Waals surface area contributed by atoms with E-state index in [2.05, 4.69) is 34.6 Å². The molecule has 3 aromatic heterocycles. The lowest BCUT2D eigenvalue weighted by Crippen LogP contribution is -2.50. The number of primary amides is 1. The third-order valence-electron chi connectivity index (χ3n) is 5.88. The van der Waals surface area contributed by atoms with Gasteiger partial charge in [-0.05, 0) is 30.5 Å². The SMILES string of the molecule is COc1ccc(-c2cc3c(N[C@@H]4CCNCC4(C)C)c(C(N)=O)cnn3c2)cn1.O=C(O)C(F)(F)F. The number of piperidine rings is 1. The predicted molar refractivity (Wildman–Crippen MR) is 126 cm³/mol. The zero-order valence-electron chi connectivity index (χ0n) is 19.9. The number of anilines is 1. The van der Waals surface area contributed by atoms with Gasteiger partial charge in [0.2, 0.25) is 5.88 Å². The molecule has 3 aromatic rings. The van der Waals surface area contributed by atoms with Gasteiger partial charge in [-0.2, -0.15) is 18.3 Å². The molecule has 0 bridgehead atoms. The summed E-state index contributed by atoms with van der Waals surface area (Å²) in [5, 5.41) is 18.6. The first-order valence-corrected chi connectivity index (χ1v) is 10.9. The van der Waals surface area contributed by atoms with Gasteiger partial charge in [-0.1, -0.05) is 13.8 Å². The number of ether oxygens (including phenoxy) is 1. The summed E-state index contributed by atoms with van der Waals surface area (Å²) in [7, 11) is 1.59. The number of aliphatic carboxylic acids is 1. The Kier molecular flexibility index (Phi) is 7.72. The Morgan fingerprint density at radius 1 is 1.28 bits per heavy atom. The second kappa shape index (κ2) is 10.4. The summed E-state index contributed by atoms with van der Waals surface area (Å²) >= 11 is 0. The van der Waals surface area contributed by atoms with Gasteiger partial charge in [0, 0.05) is 42.2 Å². The number of nitrogens with one attached hydrogen (secondary N) is 2. The fourth-order valence-electron chi connectivity index (χ4n) is 3.84. The molecule has 0 aromatic carbocycles. The second-order valence-corrected chi connectivity index (χ2v) is 8.90. The molecule has 0 spiro atoms. The molecular formula is C23H27F3N6O4. The number of nitrogens with zero attached hydrogens (tertiary/aromatic N) is 3. The number of alkyl halides is 3. The highest BCUT2D eigenvalue weighted by Crippen LogP contribution is 2.33. The second-order valence-electron chi connectivity index (χ2n) is 8.90. The third-order valence-corrected chi connectivity index (χ3v) is 5.88. The number of hydrogen-bond acceptors (Lipinski definition) is 7. The Hall–Kier alpha value is -3.87. The summed E-state index contributed by atoms with van der Waals surface area (Å²) in [4.78, 5) is 25.3. The number of rotatable bonds is 5. The lowest BCUT2D eigenvalue weighted by atomic mass is 9.80. The van der Waals surface area contributed by atoms with Gasteiger partial charge in [-0.15, -0.1) is 0 Å². The van der Waals surface area contributed by atoms with Gasteiger partial charge in [0.1, 0.15) is 0 Å². The maximum absolute atomic E-state index is 12.1. The molecule has 1 amide bonds. The fraction of sp³-hybridized carbons (Fsp3) is 0.391. The van der Waals surface area contributed by atoms with E-state index >= 15 is 0 Å². The molecule has 4 rings (SSSR count). The van der Waals surface area contributed by atoms with Crippen LogP contribution >= 0.6 is 0 Å². The maximum atomic E-state index is 12.1. The summed E-state index contributed by atoms with van der Waals surface area (Å²) in [6.07, 6.45) is 1.07. The van der Waals surface area contributed by atoms with E-state index < -0.39 is 18.1 Å². The summed E-state index contributed by atoms with van der Waals surface area (Å²) in [5.41, 5.74) is 9.50. The van der Waals surface area contributed by atoms with Crippen LogP contribution in [0.1, 0.15) is 30.6 Å². The Morgan fingerprint density at radius 2 is 1.97 bits per heavy atom. The molecule has 1 aliphatic heterocycles. The highest BCUT2D eigenvalue weighted by atomic mass is 19.4. The summed E-state index contributed by atoms with van der Waals surface area (Å²) in [6, 6.07) is 5.96. The largest absolute Gasteiger partial charge is 0.490 e. The minimum Gasteiger partial charge on any atom is -0.481 e. The average Bonchev–Trinajstić information content (AvgIpc) is 3.25. The van der Waals surface area contributed by atoms with Crippen LogP contribution in [0.3, 0.4) is 0 Å². The fourth-order valence-corrected chi connectivity index (χ4v) is 3.84. The number of methoxy groups -OCH3 is 1. The first-order chi connectivity index (χ1) is 16.8. The van der Waals surface area contributed by atoms with Crippen molar-refractivity contribution < 1.29 is 32.6 Å². The van der Waals surface area contributed by atoms with E-state index in [4.69, 9.17) is 20.4 Å². The zero-order chi connectivity index (χ0) is 26.7. The van der Waals surface area contributed by atoms with Gasteiger partial charge in [0.05, 0.1) is 30.1 Å². The van der Waals surface area contributed by atoms with E-state index in [1.807, 2.05) is 24.4 Å². The van der Waals surface area contributed by atoms with Crippen LogP contribution in [-0.4, -0.2) is 64.0 Å². The number of carboxylic acid groups (broad SMARTS) is 1. The molecule has 194 valence electrons. The molecule has 0 radical (unpaired) electrons. The molecule has 5 N–H and O–H groups in total. The number of carbonyl (C=O) groups is 2. The predicted octanol–water partition coefficient (Wildman–Crippen LogP) is 2.94. The number of halogens is 3. The molecule has 4 heterocycles. The van der Waals surface area contributed by atoms with Crippen LogP contribution in [-0.2, 0) is 4.79 Å². The molecule has 10 nitrogen and oxygen atoms in total. The van der Waals surface area contributed by atoms with Crippen molar-refractivity contribution in [2.75, 3.05) is 25.5 Å². The molecule has 1 atom stereocenters. The maximum Gasteiger partial charge on any atom is 0.490 e. The highest BCUT2D eigenvalue weighted by Gasteiger charge is 2.38. The van der Waals surface area contributed by atoms with Gasteiger partial charge in [0.25, 0.3) is 5.91 Å². The Labute approximate surface area is 204 Å². The Balaban J connectivity index is 0.000000454. The summed E-state index contributed by atoms with van der Waals surface area (Å²) < 4.78 is 38.6. The van der Waals surface area contributed by atoms with E-state index in [1.165, 1.54) is 6.20 Å². The first kappa shape index (κ1) is 26.7. The molecule has 13 heteroatoms. The van der Waals surface area contributed by atoms with Crippen molar-refractivity contribution in [3.8, 4) is 17.0 Å². The third kappa shape index (κ3) is 6.03. The normalized spacial score (nSPS) is 17.1. The lowest BCUT2D eigenvalue weighted by molar-refractivity contribution is -0.192. The molecule has 1 fully saturated rings. The number of fused-ring (bicyclic) bond motifs is 1. The van der Waals surface area contributed by atoms with Gasteiger partial charge < -0.3 is 26.2 Å².